The van der Waals surface area contributed by atoms with Crippen molar-refractivity contribution in [3.8, 4) is 23.0 Å². The maximum Gasteiger partial charge on any atom is 0.416 e. The molecule has 0 saturated carbocycles. The SMILES string of the molecule is CNC(=O)c1cc(Oc2cccc(N)c2)ccn1.CNC(=O)c1cc(Oc2cccc(NC(=O)c3nc4ccc(C(F)(F)F)cc4[nH]3)c2)ccn1.O=C(O)c1nc2ccc(C(F)(F)F)cc2[nH]1. The van der Waals surface area contributed by atoms with Gasteiger partial charge in [0.25, 0.3) is 17.7 Å². The monoisotopic (exact) mass is 928 g/mol. The first-order valence-electron chi connectivity index (χ1n) is 19.2. The number of carbonyl (C=O) groups excluding carboxylic acids is 3. The fourth-order valence-corrected chi connectivity index (χ4v) is 5.71. The van der Waals surface area contributed by atoms with E-state index in [9.17, 15) is 45.5 Å². The number of rotatable bonds is 9. The molecule has 0 aliphatic carbocycles. The zero-order valence-corrected chi connectivity index (χ0v) is 34.6. The first-order valence-corrected chi connectivity index (χ1v) is 19.2. The number of H-pyrrole nitrogens is 2. The van der Waals surface area contributed by atoms with Crippen LogP contribution in [0.5, 0.6) is 23.0 Å². The molecule has 344 valence electrons. The number of aromatic carboxylic acids is 1. The molecule has 67 heavy (non-hydrogen) atoms. The van der Waals surface area contributed by atoms with Crippen molar-refractivity contribution in [2.75, 3.05) is 25.1 Å². The van der Waals surface area contributed by atoms with Gasteiger partial charge in [0.2, 0.25) is 5.82 Å². The molecule has 17 nitrogen and oxygen atoms in total. The highest BCUT2D eigenvalue weighted by atomic mass is 19.4. The number of aromatic nitrogens is 6. The highest BCUT2D eigenvalue weighted by Crippen LogP contribution is 2.32. The summed E-state index contributed by atoms with van der Waals surface area (Å²) in [6.07, 6.45) is -6.01. The van der Waals surface area contributed by atoms with Crippen molar-refractivity contribution in [2.24, 2.45) is 0 Å². The van der Waals surface area contributed by atoms with Crippen molar-refractivity contribution in [1.82, 2.24) is 40.5 Å². The standard InChI is InChI=1S/C22H16F3N5O3.C13H13N3O2.C9H5F3N2O2/c1-26-20(31)18-11-15(7-8-27-18)33-14-4-2-3-13(10-14)28-21(32)19-29-16-6-5-12(22(23,24)25)9-17(16)30-19;1-15-13(17)12-8-11(5-6-16-12)18-10-4-2-3-9(14)7-10;10-9(11,12)4-1-2-5-6(3-4)14-7(13-5)8(15)16/h2-11H,1H3,(H,26,31)(H,28,32)(H,29,30);2-8H,14H2,1H3,(H,15,17);1-3H,(H,13,14)(H,15,16). The Morgan fingerprint density at radius 2 is 1.04 bits per heavy atom. The van der Waals surface area contributed by atoms with E-state index in [1.54, 1.807) is 73.8 Å². The highest BCUT2D eigenvalue weighted by molar-refractivity contribution is 6.03. The molecule has 23 heteroatoms. The number of halogens is 6. The van der Waals surface area contributed by atoms with Gasteiger partial charge in [-0.05, 0) is 72.8 Å². The first kappa shape index (κ1) is 47.5. The summed E-state index contributed by atoms with van der Waals surface area (Å²) in [5, 5.41) is 16.2. The summed E-state index contributed by atoms with van der Waals surface area (Å²) in [7, 11) is 3.04. The molecular formula is C44H34F6N10O7. The van der Waals surface area contributed by atoms with Crippen LogP contribution in [-0.2, 0) is 12.4 Å². The molecule has 8 aromatic rings. The molecule has 0 bridgehead atoms. The van der Waals surface area contributed by atoms with E-state index in [0.29, 0.717) is 40.1 Å². The van der Waals surface area contributed by atoms with E-state index in [2.05, 4.69) is 45.9 Å². The Labute approximate surface area is 373 Å². The van der Waals surface area contributed by atoms with E-state index in [1.165, 1.54) is 31.6 Å². The molecule has 4 aromatic carbocycles. The van der Waals surface area contributed by atoms with Crippen LogP contribution in [0.4, 0.5) is 37.7 Å². The average molecular weight is 929 g/mol. The zero-order valence-electron chi connectivity index (χ0n) is 34.6. The number of carboxylic acid groups (broad SMARTS) is 1. The summed E-state index contributed by atoms with van der Waals surface area (Å²) in [4.78, 5) is 66.7. The number of carbonyl (C=O) groups is 4. The summed E-state index contributed by atoms with van der Waals surface area (Å²) in [6, 6.07) is 25.6. The van der Waals surface area contributed by atoms with Crippen molar-refractivity contribution in [3.63, 3.8) is 0 Å². The number of nitrogen functional groups attached to an aromatic ring is 1. The van der Waals surface area contributed by atoms with Gasteiger partial charge in [-0.15, -0.1) is 0 Å². The van der Waals surface area contributed by atoms with E-state index >= 15 is 0 Å². The number of hydrogen-bond donors (Lipinski definition) is 7. The van der Waals surface area contributed by atoms with Crippen molar-refractivity contribution in [1.29, 1.82) is 0 Å². The molecule has 0 aliphatic heterocycles. The third-order valence-corrected chi connectivity index (χ3v) is 8.84. The van der Waals surface area contributed by atoms with Gasteiger partial charge in [-0.3, -0.25) is 24.4 Å². The minimum absolute atomic E-state index is 0.0484. The number of anilines is 2. The molecule has 0 atom stereocenters. The van der Waals surface area contributed by atoms with Crippen LogP contribution >= 0.6 is 0 Å². The van der Waals surface area contributed by atoms with Gasteiger partial charge in [-0.2, -0.15) is 26.3 Å². The average Bonchev–Trinajstić information content (AvgIpc) is 3.94. The number of aromatic amines is 2. The largest absolute Gasteiger partial charge is 0.475 e. The smallest absolute Gasteiger partial charge is 0.416 e. The van der Waals surface area contributed by atoms with E-state index in [1.807, 2.05) is 0 Å². The summed E-state index contributed by atoms with van der Waals surface area (Å²) >= 11 is 0. The van der Waals surface area contributed by atoms with Gasteiger partial charge in [-0.25, -0.2) is 14.8 Å². The zero-order chi connectivity index (χ0) is 48.5. The van der Waals surface area contributed by atoms with Gasteiger partial charge in [0.1, 0.15) is 34.4 Å². The molecule has 0 aliphatic rings. The molecule has 8 rings (SSSR count). The molecule has 0 fully saturated rings. The minimum Gasteiger partial charge on any atom is -0.475 e. The Bertz CT molecular complexity index is 3100. The predicted molar refractivity (Wildman–Crippen MR) is 230 cm³/mol. The molecule has 4 aromatic heterocycles. The van der Waals surface area contributed by atoms with E-state index in [0.717, 1.165) is 30.3 Å². The maximum atomic E-state index is 12.9. The van der Waals surface area contributed by atoms with Gasteiger partial charge in [0, 0.05) is 62.1 Å². The van der Waals surface area contributed by atoms with Crippen LogP contribution in [0.2, 0.25) is 0 Å². The number of nitrogens with zero attached hydrogens (tertiary/aromatic N) is 4. The lowest BCUT2D eigenvalue weighted by molar-refractivity contribution is -0.138. The third-order valence-electron chi connectivity index (χ3n) is 8.84. The van der Waals surface area contributed by atoms with Crippen LogP contribution < -0.4 is 31.2 Å². The van der Waals surface area contributed by atoms with Crippen LogP contribution in [0.3, 0.4) is 0 Å². The number of fused-ring (bicyclic) bond motifs is 2. The number of nitrogens with one attached hydrogen (secondary N) is 5. The number of imidazole rings is 2. The van der Waals surface area contributed by atoms with E-state index in [-0.39, 0.29) is 51.2 Å². The van der Waals surface area contributed by atoms with E-state index < -0.39 is 35.4 Å². The van der Waals surface area contributed by atoms with Crippen molar-refractivity contribution >= 4 is 57.1 Å². The van der Waals surface area contributed by atoms with Crippen LogP contribution in [0, 0.1) is 0 Å². The Hall–Kier alpha value is -9.02. The lowest BCUT2D eigenvalue weighted by Gasteiger charge is -2.09. The molecule has 0 saturated heterocycles. The number of benzene rings is 4. The molecule has 4 heterocycles. The number of hydrogen-bond acceptors (Lipinski definition) is 11. The minimum atomic E-state index is -4.50. The molecule has 0 radical (unpaired) electrons. The number of carboxylic acids is 1. The third kappa shape index (κ3) is 12.6. The Morgan fingerprint density at radius 3 is 1.52 bits per heavy atom. The maximum absolute atomic E-state index is 12.9. The summed E-state index contributed by atoms with van der Waals surface area (Å²) in [5.74, 6) is -1.20. The summed E-state index contributed by atoms with van der Waals surface area (Å²) < 4.78 is 87.0. The number of amides is 3. The second-order valence-electron chi connectivity index (χ2n) is 13.6. The van der Waals surface area contributed by atoms with Crippen molar-refractivity contribution < 1.29 is 60.1 Å². The Kier molecular flexibility index (Phi) is 14.3. The molecular weight excluding hydrogens is 895 g/mol. The van der Waals surface area contributed by atoms with Gasteiger partial charge in [0.15, 0.2) is 5.82 Å². The number of alkyl halides is 6. The summed E-state index contributed by atoms with van der Waals surface area (Å²) in [5.41, 5.74) is 6.00. The molecule has 0 unspecified atom stereocenters. The number of pyridine rings is 2. The molecule has 0 spiro atoms. The molecule has 3 amide bonds. The van der Waals surface area contributed by atoms with Crippen LogP contribution in [0.1, 0.15) is 53.3 Å². The predicted octanol–water partition coefficient (Wildman–Crippen LogP) is 8.48. The van der Waals surface area contributed by atoms with Crippen LogP contribution in [0.15, 0.2) is 122 Å². The van der Waals surface area contributed by atoms with Gasteiger partial charge in [-0.1, -0.05) is 12.1 Å². The number of ether oxygens (including phenoxy) is 2. The lowest BCUT2D eigenvalue weighted by Crippen LogP contribution is -2.18. The topological polar surface area (TPSA) is 252 Å². The first-order chi connectivity index (χ1) is 31.8. The van der Waals surface area contributed by atoms with Gasteiger partial charge >= 0.3 is 18.3 Å². The van der Waals surface area contributed by atoms with Crippen molar-refractivity contribution in [2.45, 2.75) is 12.4 Å². The Balaban J connectivity index is 0.000000183. The van der Waals surface area contributed by atoms with Gasteiger partial charge in [0.05, 0.1) is 33.2 Å². The normalized spacial score (nSPS) is 11.0. The summed E-state index contributed by atoms with van der Waals surface area (Å²) in [6.45, 7) is 0. The van der Waals surface area contributed by atoms with Crippen LogP contribution in [0.25, 0.3) is 22.1 Å². The second kappa shape index (κ2) is 20.2. The lowest BCUT2D eigenvalue weighted by atomic mass is 10.2. The number of nitrogens with two attached hydrogens (primary N) is 1. The fraction of sp³-hybridized carbons (Fsp3) is 0.0909. The highest BCUT2D eigenvalue weighted by Gasteiger charge is 2.32. The molecule has 8 N–H and O–H groups in total. The van der Waals surface area contributed by atoms with Gasteiger partial charge < -0.3 is 46.2 Å². The second-order valence-corrected chi connectivity index (χ2v) is 13.6. The fourth-order valence-electron chi connectivity index (χ4n) is 5.71. The quantitative estimate of drug-likeness (QED) is 0.0532. The van der Waals surface area contributed by atoms with Crippen LogP contribution in [-0.4, -0.2) is 72.8 Å². The Morgan fingerprint density at radius 1 is 0.582 bits per heavy atom. The van der Waals surface area contributed by atoms with Crippen molar-refractivity contribution in [3.05, 3.63) is 156 Å². The van der Waals surface area contributed by atoms with E-state index in [4.69, 9.17) is 20.3 Å².